The smallest absolute Gasteiger partial charge is 0.274 e. The second kappa shape index (κ2) is 5.20. The summed E-state index contributed by atoms with van der Waals surface area (Å²) >= 11 is 0. The molecule has 0 bridgehead atoms. The van der Waals surface area contributed by atoms with E-state index in [9.17, 15) is 18.0 Å². The monoisotopic (exact) mass is 330 g/mol. The van der Waals surface area contributed by atoms with Crippen LogP contribution >= 0.6 is 0 Å². The molecule has 0 aliphatic heterocycles. The number of carbonyl (C=O) groups excluding carboxylic acids is 1. The molecule has 0 amide bonds. The largest absolute Gasteiger partial charge is 0.350 e. The van der Waals surface area contributed by atoms with Crippen molar-refractivity contribution in [3.63, 3.8) is 0 Å². The van der Waals surface area contributed by atoms with Crippen molar-refractivity contribution in [3.05, 3.63) is 64.6 Å². The van der Waals surface area contributed by atoms with Gasteiger partial charge in [-0.15, -0.1) is 0 Å². The van der Waals surface area contributed by atoms with Gasteiger partial charge in [0, 0.05) is 6.92 Å². The predicted octanol–water partition coefficient (Wildman–Crippen LogP) is 2.01. The van der Waals surface area contributed by atoms with Crippen LogP contribution in [0, 0.1) is 6.92 Å². The Kier molecular flexibility index (Phi) is 3.45. The molecule has 3 rings (SSSR count). The average molecular weight is 330 g/mol. The summed E-state index contributed by atoms with van der Waals surface area (Å²) in [6, 6.07) is 12.5. The van der Waals surface area contributed by atoms with E-state index in [1.54, 1.807) is 30.3 Å². The second-order valence-corrected chi connectivity index (χ2v) is 6.99. The third-order valence-electron chi connectivity index (χ3n) is 3.58. The van der Waals surface area contributed by atoms with Crippen molar-refractivity contribution in [2.75, 3.05) is 0 Å². The van der Waals surface area contributed by atoms with Crippen molar-refractivity contribution in [3.8, 4) is 0 Å². The van der Waals surface area contributed by atoms with E-state index in [0.29, 0.717) is 3.97 Å². The maximum atomic E-state index is 12.9. The van der Waals surface area contributed by atoms with Crippen LogP contribution in [0.3, 0.4) is 0 Å². The zero-order valence-corrected chi connectivity index (χ0v) is 13.4. The molecule has 0 unspecified atom stereocenters. The number of benzene rings is 2. The molecule has 23 heavy (non-hydrogen) atoms. The van der Waals surface area contributed by atoms with E-state index >= 15 is 0 Å². The molecule has 2 aromatic carbocycles. The minimum absolute atomic E-state index is 0.00310. The van der Waals surface area contributed by atoms with Crippen molar-refractivity contribution in [1.29, 1.82) is 0 Å². The van der Waals surface area contributed by atoms with Crippen LogP contribution in [0.4, 0.5) is 0 Å². The van der Waals surface area contributed by atoms with Crippen molar-refractivity contribution < 1.29 is 13.2 Å². The van der Waals surface area contributed by atoms with Gasteiger partial charge in [0.1, 0.15) is 0 Å². The molecule has 0 N–H and O–H groups in total. The van der Waals surface area contributed by atoms with Gasteiger partial charge < -0.3 is 0 Å². The van der Waals surface area contributed by atoms with Crippen molar-refractivity contribution in [2.45, 2.75) is 18.7 Å². The summed E-state index contributed by atoms with van der Waals surface area (Å²) < 4.78 is 27.2. The Morgan fingerprint density at radius 3 is 2.09 bits per heavy atom. The number of nitrogens with zero attached hydrogens (tertiary/aromatic N) is 2. The molecule has 0 spiro atoms. The van der Waals surface area contributed by atoms with Crippen molar-refractivity contribution in [2.24, 2.45) is 0 Å². The van der Waals surface area contributed by atoms with Gasteiger partial charge in [-0.3, -0.25) is 4.79 Å². The predicted molar refractivity (Wildman–Crippen MR) is 86.3 cm³/mol. The lowest BCUT2D eigenvalue weighted by molar-refractivity contribution is 0.0937. The Bertz CT molecular complexity index is 1070. The number of carbonyl (C=O) groups is 1. The highest BCUT2D eigenvalue weighted by Gasteiger charge is 2.26. The van der Waals surface area contributed by atoms with Gasteiger partial charge >= 0.3 is 5.69 Å². The highest BCUT2D eigenvalue weighted by molar-refractivity contribution is 7.90. The van der Waals surface area contributed by atoms with E-state index in [2.05, 4.69) is 0 Å². The summed E-state index contributed by atoms with van der Waals surface area (Å²) in [4.78, 5) is 24.3. The molecule has 0 atom stereocenters. The molecule has 0 saturated heterocycles. The molecule has 7 heteroatoms. The summed E-state index contributed by atoms with van der Waals surface area (Å²) in [5.74, 6) is -0.538. The topological polar surface area (TPSA) is 78.1 Å². The number of rotatable bonds is 2. The summed E-state index contributed by atoms with van der Waals surface area (Å²) in [5, 5.41) is 0. The molecule has 0 aliphatic carbocycles. The van der Waals surface area contributed by atoms with Gasteiger partial charge in [-0.25, -0.2) is 17.8 Å². The van der Waals surface area contributed by atoms with E-state index in [0.717, 1.165) is 10.1 Å². The normalized spacial score (nSPS) is 11.7. The number of para-hydroxylation sites is 2. The number of imidazole rings is 1. The summed E-state index contributed by atoms with van der Waals surface area (Å²) in [5.41, 5.74) is 0.454. The number of fused-ring (bicyclic) bond motifs is 1. The Labute approximate surface area is 132 Å². The van der Waals surface area contributed by atoms with Gasteiger partial charge in [-0.1, -0.05) is 29.8 Å². The van der Waals surface area contributed by atoms with Crippen molar-refractivity contribution >= 4 is 27.0 Å². The SMILES string of the molecule is CC(=O)n1c(=O)n(S(=O)(=O)c2ccc(C)cc2)c2ccccc21. The van der Waals surface area contributed by atoms with Gasteiger partial charge in [0.15, 0.2) is 0 Å². The van der Waals surface area contributed by atoms with Crippen LogP contribution < -0.4 is 5.69 Å². The van der Waals surface area contributed by atoms with Gasteiger partial charge in [0.2, 0.25) is 5.91 Å². The Morgan fingerprint density at radius 1 is 0.957 bits per heavy atom. The lowest BCUT2D eigenvalue weighted by Crippen LogP contribution is -2.31. The maximum absolute atomic E-state index is 12.9. The van der Waals surface area contributed by atoms with E-state index < -0.39 is 21.6 Å². The van der Waals surface area contributed by atoms with Gasteiger partial charge in [-0.05, 0) is 31.2 Å². The molecular formula is C16H14N2O4S. The third kappa shape index (κ3) is 2.29. The van der Waals surface area contributed by atoms with Crippen LogP contribution in [0.15, 0.2) is 58.2 Å². The average Bonchev–Trinajstić information content (AvgIpc) is 2.80. The molecule has 1 aromatic heterocycles. The summed E-state index contributed by atoms with van der Waals surface area (Å²) in [6.07, 6.45) is 0. The first-order chi connectivity index (χ1) is 10.8. The first kappa shape index (κ1) is 15.2. The molecule has 6 nitrogen and oxygen atoms in total. The lowest BCUT2D eigenvalue weighted by atomic mass is 10.2. The molecule has 0 aliphatic rings. The fraction of sp³-hybridized carbons (Fsp3) is 0.125. The number of hydrogen-bond donors (Lipinski definition) is 0. The Hall–Kier alpha value is -2.67. The van der Waals surface area contributed by atoms with E-state index in [1.165, 1.54) is 25.1 Å². The Morgan fingerprint density at radius 2 is 1.52 bits per heavy atom. The highest BCUT2D eigenvalue weighted by Crippen LogP contribution is 2.20. The molecule has 0 radical (unpaired) electrons. The zero-order chi connectivity index (χ0) is 16.8. The minimum Gasteiger partial charge on any atom is -0.274 e. The summed E-state index contributed by atoms with van der Waals surface area (Å²) in [6.45, 7) is 3.06. The van der Waals surface area contributed by atoms with Gasteiger partial charge in [0.25, 0.3) is 10.0 Å². The fourth-order valence-electron chi connectivity index (χ4n) is 2.47. The third-order valence-corrected chi connectivity index (χ3v) is 5.28. The molecule has 1 heterocycles. The van der Waals surface area contributed by atoms with Crippen LogP contribution in [-0.2, 0) is 10.0 Å². The zero-order valence-electron chi connectivity index (χ0n) is 12.6. The van der Waals surface area contributed by atoms with Crippen LogP contribution in [0.1, 0.15) is 17.3 Å². The number of aryl methyl sites for hydroxylation is 1. The molecule has 3 aromatic rings. The second-order valence-electron chi connectivity index (χ2n) is 5.21. The molecular weight excluding hydrogens is 316 g/mol. The van der Waals surface area contributed by atoms with Crippen LogP contribution in [0.25, 0.3) is 11.0 Å². The number of aromatic nitrogens is 2. The maximum Gasteiger partial charge on any atom is 0.350 e. The van der Waals surface area contributed by atoms with E-state index in [1.807, 2.05) is 6.92 Å². The molecule has 118 valence electrons. The van der Waals surface area contributed by atoms with Crippen LogP contribution in [0.2, 0.25) is 0 Å². The van der Waals surface area contributed by atoms with Crippen molar-refractivity contribution in [1.82, 2.24) is 8.54 Å². The van der Waals surface area contributed by atoms with Gasteiger partial charge in [0.05, 0.1) is 15.9 Å². The van der Waals surface area contributed by atoms with E-state index in [4.69, 9.17) is 0 Å². The minimum atomic E-state index is -4.09. The van der Waals surface area contributed by atoms with Crippen LogP contribution in [0.5, 0.6) is 0 Å². The molecule has 0 fully saturated rings. The van der Waals surface area contributed by atoms with E-state index in [-0.39, 0.29) is 15.9 Å². The molecule has 0 saturated carbocycles. The highest BCUT2D eigenvalue weighted by atomic mass is 32.2. The fourth-order valence-corrected chi connectivity index (χ4v) is 3.87. The first-order valence-corrected chi connectivity index (χ1v) is 8.34. The lowest BCUT2D eigenvalue weighted by Gasteiger charge is -2.06. The quantitative estimate of drug-likeness (QED) is 0.720. The first-order valence-electron chi connectivity index (χ1n) is 6.90. The standard InChI is InChI=1S/C16H14N2O4S/c1-11-7-9-13(10-8-11)23(21,22)18-15-6-4-3-5-14(15)17(12(2)19)16(18)20/h3-10H,1-2H3. The summed E-state index contributed by atoms with van der Waals surface area (Å²) in [7, 11) is -4.09. The van der Waals surface area contributed by atoms with Gasteiger partial charge in [-0.2, -0.15) is 3.97 Å². The number of hydrogen-bond acceptors (Lipinski definition) is 4. The Balaban J connectivity index is 2.41. The van der Waals surface area contributed by atoms with Crippen LogP contribution in [-0.4, -0.2) is 22.9 Å².